The lowest BCUT2D eigenvalue weighted by Gasteiger charge is -2.25. The Kier molecular flexibility index (Phi) is 5.67. The van der Waals surface area contributed by atoms with E-state index < -0.39 is 33.4 Å². The first-order chi connectivity index (χ1) is 12.0. The molecule has 0 bridgehead atoms. The van der Waals surface area contributed by atoms with Gasteiger partial charge in [-0.05, 0) is 43.2 Å². The van der Waals surface area contributed by atoms with Crippen molar-refractivity contribution in [3.05, 3.63) is 47.2 Å². The van der Waals surface area contributed by atoms with Gasteiger partial charge in [0, 0.05) is 18.9 Å². The average molecular weight is 384 g/mol. The van der Waals surface area contributed by atoms with E-state index in [9.17, 15) is 21.6 Å². The maximum Gasteiger partial charge on any atom is 0.416 e. The van der Waals surface area contributed by atoms with Crippen molar-refractivity contribution in [1.29, 1.82) is 0 Å². The number of hydrogen-bond acceptors (Lipinski definition) is 4. The number of sulfonamides is 1. The van der Waals surface area contributed by atoms with E-state index in [4.69, 9.17) is 12.6 Å². The van der Waals surface area contributed by atoms with E-state index in [0.29, 0.717) is 11.6 Å². The maximum absolute atomic E-state index is 13.1. The van der Waals surface area contributed by atoms with Crippen LogP contribution < -0.4 is 9.90 Å². The van der Waals surface area contributed by atoms with Gasteiger partial charge in [0.05, 0.1) is 16.1 Å². The highest BCUT2D eigenvalue weighted by Crippen LogP contribution is 2.34. The number of nitrogens with zero attached hydrogens (tertiary/aromatic N) is 2. The second-order valence-corrected chi connectivity index (χ2v) is 7.53. The molecule has 1 heterocycles. The third-order valence-corrected chi connectivity index (χ3v) is 5.38. The second-order valence-electron chi connectivity index (χ2n) is 5.66. The highest BCUT2D eigenvalue weighted by Gasteiger charge is 2.35. The van der Waals surface area contributed by atoms with Crippen molar-refractivity contribution >= 4 is 29.2 Å². The Balaban J connectivity index is 2.64. The van der Waals surface area contributed by atoms with E-state index in [2.05, 4.69) is 4.98 Å². The molecule has 5 nitrogen and oxygen atoms in total. The Morgan fingerprint density at radius 2 is 1.88 bits per heavy atom. The lowest BCUT2D eigenvalue weighted by Crippen LogP contribution is -2.37. The first-order valence-electron chi connectivity index (χ1n) is 7.40. The number of rotatable bonds is 5. The molecule has 0 unspecified atom stereocenters. The summed E-state index contributed by atoms with van der Waals surface area (Å²) in [6.45, 7) is 2.50. The number of ether oxygens (including phenoxy) is 1. The van der Waals surface area contributed by atoms with Crippen LogP contribution in [0.1, 0.15) is 16.7 Å². The van der Waals surface area contributed by atoms with Crippen molar-refractivity contribution in [2.75, 3.05) is 18.1 Å². The fourth-order valence-electron chi connectivity index (χ4n) is 2.34. The smallest absolute Gasteiger partial charge is 0.363 e. The number of halogens is 3. The highest BCUT2D eigenvalue weighted by molar-refractivity contribution is 7.92. The van der Waals surface area contributed by atoms with Crippen LogP contribution in [-0.2, 0) is 20.9 Å². The van der Waals surface area contributed by atoms with Gasteiger partial charge in [-0.15, -0.1) is 0 Å². The number of anilines is 1. The predicted molar refractivity (Wildman–Crippen MR) is 92.1 cm³/mol. The van der Waals surface area contributed by atoms with Crippen molar-refractivity contribution in [2.24, 2.45) is 0 Å². The van der Waals surface area contributed by atoms with Gasteiger partial charge in [-0.3, -0.25) is 4.98 Å². The molecule has 10 heteroatoms. The molecular weight excluding hydrogens is 368 g/mol. The van der Waals surface area contributed by atoms with Crippen molar-refractivity contribution in [3.63, 3.8) is 0 Å². The Hall–Kier alpha value is -2.07. The van der Waals surface area contributed by atoms with Gasteiger partial charge >= 0.3 is 6.18 Å². The van der Waals surface area contributed by atoms with Crippen LogP contribution in [0.15, 0.2) is 35.4 Å². The van der Waals surface area contributed by atoms with E-state index >= 15 is 0 Å². The summed E-state index contributed by atoms with van der Waals surface area (Å²) < 4.78 is 71.1. The van der Waals surface area contributed by atoms with Crippen molar-refractivity contribution in [1.82, 2.24) is 4.98 Å². The number of methoxy groups -OCH3 is 1. The second kappa shape index (κ2) is 7.28. The van der Waals surface area contributed by atoms with Crippen LogP contribution in [0.2, 0.25) is 0 Å². The van der Waals surface area contributed by atoms with Crippen LogP contribution in [0.5, 0.6) is 0 Å². The van der Waals surface area contributed by atoms with E-state index in [-0.39, 0.29) is 16.8 Å². The van der Waals surface area contributed by atoms with Crippen molar-refractivity contribution in [3.8, 4) is 0 Å². The van der Waals surface area contributed by atoms with Gasteiger partial charge in [0.2, 0.25) is 0 Å². The molecule has 0 saturated carbocycles. The summed E-state index contributed by atoms with van der Waals surface area (Å²) in [7, 11) is 2.66. The van der Waals surface area contributed by atoms with Gasteiger partial charge in [-0.1, -0.05) is 6.07 Å². The zero-order valence-electron chi connectivity index (χ0n) is 14.3. The first kappa shape index (κ1) is 20.2. The molecule has 2 radical (unpaired) electrons. The normalized spacial score (nSPS) is 12.2. The molecule has 0 amide bonds. The molecule has 2 aromatic rings. The molecule has 1 aromatic carbocycles. The first-order valence-corrected chi connectivity index (χ1v) is 8.84. The standard InChI is InChI=1S/C16H16BF3N2O3S/c1-10-6-14(15(17)21-8-10)22(9-25-3)26(23,24)12-5-4-11(2)13(7-12)16(18,19)20/h4-8H,9H2,1-3H3. The molecule has 0 atom stereocenters. The zero-order chi connectivity index (χ0) is 19.7. The summed E-state index contributed by atoms with van der Waals surface area (Å²) >= 11 is 0. The van der Waals surface area contributed by atoms with Gasteiger partial charge in [-0.2, -0.15) is 13.2 Å². The number of benzene rings is 1. The molecule has 0 N–H and O–H groups in total. The molecule has 0 saturated heterocycles. The largest absolute Gasteiger partial charge is 0.416 e. The molecule has 0 aliphatic carbocycles. The van der Waals surface area contributed by atoms with Crippen molar-refractivity contribution < 1.29 is 26.3 Å². The number of alkyl halides is 3. The van der Waals surface area contributed by atoms with E-state index in [1.807, 2.05) is 0 Å². The minimum absolute atomic E-state index is 0.0287. The molecule has 2 rings (SSSR count). The molecule has 0 spiro atoms. The fourth-order valence-corrected chi connectivity index (χ4v) is 3.75. The molecular formula is C16H16BF3N2O3S. The lowest BCUT2D eigenvalue weighted by molar-refractivity contribution is -0.138. The maximum atomic E-state index is 13.1. The Morgan fingerprint density at radius 1 is 1.23 bits per heavy atom. The Morgan fingerprint density at radius 3 is 2.46 bits per heavy atom. The molecule has 1 aromatic heterocycles. The van der Waals surface area contributed by atoms with Crippen LogP contribution in [0, 0.1) is 13.8 Å². The summed E-state index contributed by atoms with van der Waals surface area (Å²) in [5.41, 5.74) is -0.525. The number of aryl methyl sites for hydroxylation is 2. The zero-order valence-corrected chi connectivity index (χ0v) is 15.1. The van der Waals surface area contributed by atoms with Crippen LogP contribution in [0.4, 0.5) is 18.9 Å². The quantitative estimate of drug-likeness (QED) is 0.587. The molecule has 0 fully saturated rings. The minimum Gasteiger partial charge on any atom is -0.363 e. The van der Waals surface area contributed by atoms with Gasteiger partial charge < -0.3 is 4.74 Å². The monoisotopic (exact) mass is 384 g/mol. The summed E-state index contributed by atoms with van der Waals surface area (Å²) in [4.78, 5) is 3.38. The third kappa shape index (κ3) is 4.01. The van der Waals surface area contributed by atoms with Gasteiger partial charge in [0.25, 0.3) is 10.0 Å². The SMILES string of the molecule is [B]c1ncc(C)cc1N(COC)S(=O)(=O)c1ccc(C)c(C(F)(F)F)c1. The summed E-state index contributed by atoms with van der Waals surface area (Å²) in [6, 6.07) is 4.30. The van der Waals surface area contributed by atoms with Gasteiger partial charge in [0.1, 0.15) is 14.6 Å². The van der Waals surface area contributed by atoms with E-state index in [1.54, 1.807) is 6.92 Å². The van der Waals surface area contributed by atoms with Crippen LogP contribution in [0.25, 0.3) is 0 Å². The highest BCUT2D eigenvalue weighted by atomic mass is 32.2. The summed E-state index contributed by atoms with van der Waals surface area (Å²) in [5, 5.41) is 0. The van der Waals surface area contributed by atoms with E-state index in [0.717, 1.165) is 16.4 Å². The molecule has 138 valence electrons. The Bertz CT molecular complexity index is 917. The number of hydrogen-bond donors (Lipinski definition) is 0. The van der Waals surface area contributed by atoms with Crippen molar-refractivity contribution in [2.45, 2.75) is 24.9 Å². The number of pyridine rings is 1. The molecule has 26 heavy (non-hydrogen) atoms. The average Bonchev–Trinajstić information content (AvgIpc) is 2.54. The number of aromatic nitrogens is 1. The lowest BCUT2D eigenvalue weighted by atomic mass is 10.0. The summed E-state index contributed by atoms with van der Waals surface area (Å²) in [5.74, 6) is 0. The predicted octanol–water partition coefficient (Wildman–Crippen LogP) is 2.31. The minimum atomic E-state index is -4.67. The topological polar surface area (TPSA) is 59.5 Å². The molecule has 0 aliphatic heterocycles. The van der Waals surface area contributed by atoms with E-state index in [1.165, 1.54) is 26.3 Å². The van der Waals surface area contributed by atoms with Crippen LogP contribution in [0.3, 0.4) is 0 Å². The van der Waals surface area contributed by atoms with Gasteiger partial charge in [-0.25, -0.2) is 12.7 Å². The molecule has 0 aliphatic rings. The third-order valence-electron chi connectivity index (χ3n) is 3.65. The van der Waals surface area contributed by atoms with Crippen LogP contribution >= 0.6 is 0 Å². The Labute approximate surface area is 151 Å². The van der Waals surface area contributed by atoms with Crippen LogP contribution in [-0.4, -0.2) is 35.1 Å². The fraction of sp³-hybridized carbons (Fsp3) is 0.312. The summed E-state index contributed by atoms with van der Waals surface area (Å²) in [6.07, 6.45) is -3.23. The van der Waals surface area contributed by atoms with Gasteiger partial charge in [0.15, 0.2) is 0 Å².